The van der Waals surface area contributed by atoms with Crippen LogP contribution in [0.4, 0.5) is 0 Å². The number of ether oxygens (including phenoxy) is 2. The van der Waals surface area contributed by atoms with Gasteiger partial charge in [-0.05, 0) is 0 Å². The van der Waals surface area contributed by atoms with E-state index in [4.69, 9.17) is 9.47 Å². The number of aliphatic hydroxyl groups excluding tert-OH is 1. The van der Waals surface area contributed by atoms with Crippen molar-refractivity contribution in [2.24, 2.45) is 0 Å². The molecule has 0 aliphatic carbocycles. The standard InChI is InChI=1S/C16H36GeO3/c1-5-9-17(10-6-2,11-7-3)12-8-13-20-15-16(18)14-19-4/h16,18H,5-15H2,1-4H3. The minimum atomic E-state index is -1.61. The summed E-state index contributed by atoms with van der Waals surface area (Å²) >= 11 is -1.61. The Hall–Kier alpha value is 0.423. The van der Waals surface area contributed by atoms with Gasteiger partial charge >= 0.3 is 128 Å². The molecule has 0 aromatic carbocycles. The first kappa shape index (κ1) is 20.4. The third-order valence-corrected chi connectivity index (χ3v) is 16.8. The van der Waals surface area contributed by atoms with E-state index < -0.39 is 19.4 Å². The van der Waals surface area contributed by atoms with Crippen LogP contribution in [0.1, 0.15) is 46.5 Å². The Labute approximate surface area is 128 Å². The number of hydrogen-bond acceptors (Lipinski definition) is 3. The van der Waals surface area contributed by atoms with E-state index in [1.165, 1.54) is 46.7 Å². The summed E-state index contributed by atoms with van der Waals surface area (Å²) in [4.78, 5) is 0. The molecule has 4 heteroatoms. The van der Waals surface area contributed by atoms with Gasteiger partial charge in [0.15, 0.2) is 0 Å². The second-order valence-electron chi connectivity index (χ2n) is 6.04. The molecule has 0 fully saturated rings. The Morgan fingerprint density at radius 1 is 0.900 bits per heavy atom. The van der Waals surface area contributed by atoms with E-state index in [1.54, 1.807) is 7.11 Å². The third kappa shape index (κ3) is 9.38. The zero-order valence-electron chi connectivity index (χ0n) is 14.1. The van der Waals surface area contributed by atoms with Crippen molar-refractivity contribution in [3.05, 3.63) is 0 Å². The minimum absolute atomic E-state index is 0.364. The number of hydrogen-bond donors (Lipinski definition) is 1. The number of rotatable bonds is 14. The van der Waals surface area contributed by atoms with E-state index in [2.05, 4.69) is 20.8 Å². The van der Waals surface area contributed by atoms with Gasteiger partial charge in [-0.25, -0.2) is 0 Å². The molecule has 0 aliphatic rings. The van der Waals surface area contributed by atoms with Gasteiger partial charge in [0, 0.05) is 0 Å². The summed E-state index contributed by atoms with van der Waals surface area (Å²) in [7, 11) is 1.60. The van der Waals surface area contributed by atoms with Crippen molar-refractivity contribution in [3.63, 3.8) is 0 Å². The van der Waals surface area contributed by atoms with Crippen molar-refractivity contribution in [1.82, 2.24) is 0 Å². The Kier molecular flexibility index (Phi) is 13.4. The molecule has 0 rings (SSSR count). The van der Waals surface area contributed by atoms with Crippen molar-refractivity contribution in [2.45, 2.75) is 73.6 Å². The second kappa shape index (κ2) is 13.1. The van der Waals surface area contributed by atoms with Gasteiger partial charge in [0.25, 0.3) is 0 Å². The molecule has 3 nitrogen and oxygen atoms in total. The molecule has 0 radical (unpaired) electrons. The first-order valence-corrected chi connectivity index (χ1v) is 14.3. The maximum atomic E-state index is 9.52. The van der Waals surface area contributed by atoms with Crippen LogP contribution in [0.5, 0.6) is 0 Å². The van der Waals surface area contributed by atoms with Crippen LogP contribution in [0.25, 0.3) is 0 Å². The first-order valence-electron chi connectivity index (χ1n) is 8.38. The molecule has 0 saturated heterocycles. The van der Waals surface area contributed by atoms with Gasteiger partial charge < -0.3 is 0 Å². The van der Waals surface area contributed by atoms with Gasteiger partial charge in [-0.2, -0.15) is 0 Å². The van der Waals surface area contributed by atoms with Crippen molar-refractivity contribution in [2.75, 3.05) is 26.9 Å². The quantitative estimate of drug-likeness (QED) is 0.379. The molecular weight excluding hydrogens is 313 g/mol. The number of methoxy groups -OCH3 is 1. The molecule has 0 heterocycles. The van der Waals surface area contributed by atoms with E-state index in [-0.39, 0.29) is 0 Å². The van der Waals surface area contributed by atoms with Crippen LogP contribution < -0.4 is 0 Å². The fourth-order valence-corrected chi connectivity index (χ4v) is 15.0. The average Bonchev–Trinajstić information content (AvgIpc) is 2.39. The van der Waals surface area contributed by atoms with E-state index >= 15 is 0 Å². The molecule has 122 valence electrons. The van der Waals surface area contributed by atoms with Gasteiger partial charge in [-0.15, -0.1) is 0 Å². The fraction of sp³-hybridized carbons (Fsp3) is 1.00. The van der Waals surface area contributed by atoms with Gasteiger partial charge in [0.1, 0.15) is 0 Å². The van der Waals surface area contributed by atoms with Crippen LogP contribution in [0.3, 0.4) is 0 Å². The van der Waals surface area contributed by atoms with Crippen molar-refractivity contribution in [3.8, 4) is 0 Å². The predicted molar refractivity (Wildman–Crippen MR) is 89.2 cm³/mol. The van der Waals surface area contributed by atoms with Crippen LogP contribution in [-0.2, 0) is 9.47 Å². The second-order valence-corrected chi connectivity index (χ2v) is 16.5. The number of aliphatic hydroxyl groups is 1. The molecule has 1 unspecified atom stereocenters. The molecule has 0 aromatic rings. The normalized spacial score (nSPS) is 13.7. The summed E-state index contributed by atoms with van der Waals surface area (Å²) in [5.41, 5.74) is 0. The van der Waals surface area contributed by atoms with Gasteiger partial charge in [-0.3, -0.25) is 0 Å². The molecule has 0 bridgehead atoms. The average molecular weight is 349 g/mol. The van der Waals surface area contributed by atoms with Crippen LogP contribution in [0, 0.1) is 0 Å². The SMILES string of the molecule is CC[CH2][Ge]([CH2]CC)([CH2]CC)[CH2]CCOCC(O)COC. The fourth-order valence-electron chi connectivity index (χ4n) is 3.35. The van der Waals surface area contributed by atoms with Crippen LogP contribution >= 0.6 is 0 Å². The van der Waals surface area contributed by atoms with Gasteiger partial charge in [-0.1, -0.05) is 0 Å². The van der Waals surface area contributed by atoms with E-state index in [0.29, 0.717) is 13.2 Å². The molecule has 1 atom stereocenters. The predicted octanol–water partition coefficient (Wildman–Crippen LogP) is 4.08. The Morgan fingerprint density at radius 2 is 1.45 bits per heavy atom. The monoisotopic (exact) mass is 350 g/mol. The summed E-state index contributed by atoms with van der Waals surface area (Å²) in [6.07, 6.45) is 4.77. The molecule has 1 N–H and O–H groups in total. The summed E-state index contributed by atoms with van der Waals surface area (Å²) < 4.78 is 10.5. The zero-order valence-corrected chi connectivity index (χ0v) is 16.2. The summed E-state index contributed by atoms with van der Waals surface area (Å²) in [6.45, 7) is 8.58. The summed E-state index contributed by atoms with van der Waals surface area (Å²) in [5.74, 6) is 0. The molecule has 20 heavy (non-hydrogen) atoms. The Bertz CT molecular complexity index is 195. The molecule has 0 aromatic heterocycles. The van der Waals surface area contributed by atoms with E-state index in [9.17, 15) is 5.11 Å². The Morgan fingerprint density at radius 3 is 1.90 bits per heavy atom. The Balaban J connectivity index is 3.99. The maximum absolute atomic E-state index is 9.52. The van der Waals surface area contributed by atoms with Crippen molar-refractivity contribution < 1.29 is 14.6 Å². The topological polar surface area (TPSA) is 38.7 Å². The third-order valence-electron chi connectivity index (χ3n) is 4.01. The van der Waals surface area contributed by atoms with Crippen molar-refractivity contribution >= 4 is 13.3 Å². The van der Waals surface area contributed by atoms with Crippen LogP contribution in [0.2, 0.25) is 21.0 Å². The first-order chi connectivity index (χ1) is 9.64. The van der Waals surface area contributed by atoms with Gasteiger partial charge in [0.05, 0.1) is 0 Å². The summed E-state index contributed by atoms with van der Waals surface area (Å²) in [6, 6.07) is 0. The van der Waals surface area contributed by atoms with Crippen molar-refractivity contribution in [1.29, 1.82) is 0 Å². The van der Waals surface area contributed by atoms with Crippen LogP contribution in [-0.4, -0.2) is 51.4 Å². The molecular formula is C16H36GeO3. The zero-order chi connectivity index (χ0) is 15.3. The van der Waals surface area contributed by atoms with E-state index in [0.717, 1.165) is 6.61 Å². The molecule has 0 saturated carbocycles. The molecule has 0 aliphatic heterocycles. The van der Waals surface area contributed by atoms with Crippen LogP contribution in [0.15, 0.2) is 0 Å². The molecule has 0 spiro atoms. The molecule has 0 amide bonds. The van der Waals surface area contributed by atoms with E-state index in [1.807, 2.05) is 0 Å². The summed E-state index contributed by atoms with van der Waals surface area (Å²) in [5, 5.41) is 15.5. The van der Waals surface area contributed by atoms with Gasteiger partial charge in [0.2, 0.25) is 0 Å².